The molecule has 0 spiro atoms. The Kier molecular flexibility index (Phi) is 6.03. The fourth-order valence-corrected chi connectivity index (χ4v) is 4.62. The van der Waals surface area contributed by atoms with E-state index in [0.29, 0.717) is 5.92 Å². The first-order valence-electron chi connectivity index (χ1n) is 12.5. The van der Waals surface area contributed by atoms with E-state index in [0.717, 1.165) is 16.8 Å². The minimum atomic E-state index is 0.0780. The molecule has 0 unspecified atom stereocenters. The summed E-state index contributed by atoms with van der Waals surface area (Å²) in [4.78, 5) is 5.28. The number of rotatable bonds is 4. The summed E-state index contributed by atoms with van der Waals surface area (Å²) in [5.41, 5.74) is 8.35. The maximum Gasteiger partial charge on any atom is 0.0788 e. The van der Waals surface area contributed by atoms with Gasteiger partial charge in [-0.05, 0) is 57.2 Å². The Bertz CT molecular complexity index is 1530. The summed E-state index contributed by atoms with van der Waals surface area (Å²) in [5.74, 6) is 0.464. The van der Waals surface area contributed by atoms with Crippen LogP contribution in [0.2, 0.25) is 0 Å². The lowest BCUT2D eigenvalue weighted by molar-refractivity contribution is 0.591. The van der Waals surface area contributed by atoms with Crippen molar-refractivity contribution in [2.45, 2.75) is 46.0 Å². The molecule has 0 bridgehead atoms. The number of pyridine rings is 1. The fourth-order valence-electron chi connectivity index (χ4n) is 4.62. The van der Waals surface area contributed by atoms with Crippen LogP contribution in [0.4, 0.5) is 0 Å². The van der Waals surface area contributed by atoms with Crippen molar-refractivity contribution in [1.82, 2.24) is 4.98 Å². The van der Waals surface area contributed by atoms with Crippen LogP contribution >= 0.6 is 0 Å². The zero-order chi connectivity index (χ0) is 24.6. The van der Waals surface area contributed by atoms with E-state index in [1.165, 1.54) is 38.4 Å². The van der Waals surface area contributed by atoms with Crippen molar-refractivity contribution in [2.75, 3.05) is 0 Å². The Morgan fingerprint density at radius 3 is 2.11 bits per heavy atom. The predicted octanol–water partition coefficient (Wildman–Crippen LogP) is 9.65. The molecule has 4 aromatic carbocycles. The highest BCUT2D eigenvalue weighted by molar-refractivity contribution is 6.11. The van der Waals surface area contributed by atoms with Crippen molar-refractivity contribution < 1.29 is 0 Å². The van der Waals surface area contributed by atoms with E-state index in [2.05, 4.69) is 132 Å². The lowest BCUT2D eigenvalue weighted by Gasteiger charge is -2.20. The van der Waals surface area contributed by atoms with Crippen molar-refractivity contribution in [1.29, 1.82) is 0 Å². The number of fused-ring (bicyclic) bond motifs is 3. The molecule has 0 saturated heterocycles. The first kappa shape index (κ1) is 23.1. The van der Waals surface area contributed by atoms with E-state index in [9.17, 15) is 0 Å². The third-order valence-electron chi connectivity index (χ3n) is 6.78. The normalized spacial score (nSPS) is 12.3. The standard InChI is InChI=1S/C34H33N/c1-23(2)26-16-18-29-30-19-17-28(34(3,4)5)22-32(30)35-33(31(29)21-26)27-13-9-12-25(20-27)15-14-24-10-7-6-8-11-24/h6-23H,1-5H3/b15-14+. The highest BCUT2D eigenvalue weighted by Gasteiger charge is 2.17. The van der Waals surface area contributed by atoms with E-state index >= 15 is 0 Å². The molecule has 0 aliphatic rings. The Balaban J connectivity index is 1.71. The summed E-state index contributed by atoms with van der Waals surface area (Å²) in [6, 6.07) is 32.8. The van der Waals surface area contributed by atoms with Gasteiger partial charge >= 0.3 is 0 Å². The summed E-state index contributed by atoms with van der Waals surface area (Å²) in [7, 11) is 0. The zero-order valence-corrected chi connectivity index (χ0v) is 21.3. The van der Waals surface area contributed by atoms with Crippen molar-refractivity contribution >= 4 is 33.8 Å². The number of hydrogen-bond donors (Lipinski definition) is 0. The first-order chi connectivity index (χ1) is 16.8. The minimum absolute atomic E-state index is 0.0780. The monoisotopic (exact) mass is 455 g/mol. The lowest BCUT2D eigenvalue weighted by Crippen LogP contribution is -2.10. The Hall–Kier alpha value is -3.71. The summed E-state index contributed by atoms with van der Waals surface area (Å²) in [6.07, 6.45) is 4.34. The topological polar surface area (TPSA) is 12.9 Å². The second-order valence-corrected chi connectivity index (χ2v) is 10.8. The number of hydrogen-bond acceptors (Lipinski definition) is 1. The van der Waals surface area contributed by atoms with Gasteiger partial charge < -0.3 is 0 Å². The average Bonchev–Trinajstić information content (AvgIpc) is 2.86. The van der Waals surface area contributed by atoms with Crippen molar-refractivity contribution in [3.8, 4) is 11.3 Å². The summed E-state index contributed by atoms with van der Waals surface area (Å²) < 4.78 is 0. The van der Waals surface area contributed by atoms with Gasteiger partial charge in [0.15, 0.2) is 0 Å². The summed E-state index contributed by atoms with van der Waals surface area (Å²) in [5, 5.41) is 3.70. The largest absolute Gasteiger partial charge is 0.247 e. The van der Waals surface area contributed by atoms with Gasteiger partial charge in [-0.1, -0.05) is 120 Å². The van der Waals surface area contributed by atoms with Crippen LogP contribution in [0, 0.1) is 0 Å². The van der Waals surface area contributed by atoms with Crippen LogP contribution in [0.3, 0.4) is 0 Å². The molecule has 1 heteroatoms. The Labute approximate surface area is 209 Å². The van der Waals surface area contributed by atoms with Gasteiger partial charge in [-0.25, -0.2) is 4.98 Å². The second kappa shape index (κ2) is 9.15. The molecule has 0 radical (unpaired) electrons. The minimum Gasteiger partial charge on any atom is -0.247 e. The second-order valence-electron chi connectivity index (χ2n) is 10.8. The molecule has 1 aromatic heterocycles. The van der Waals surface area contributed by atoms with E-state index in [1.807, 2.05) is 6.07 Å². The third-order valence-corrected chi connectivity index (χ3v) is 6.78. The quantitative estimate of drug-likeness (QED) is 0.194. The Morgan fingerprint density at radius 1 is 0.657 bits per heavy atom. The molecular formula is C34H33N. The molecule has 0 saturated carbocycles. The number of benzene rings is 4. The molecule has 0 fully saturated rings. The van der Waals surface area contributed by atoms with E-state index in [4.69, 9.17) is 4.98 Å². The van der Waals surface area contributed by atoms with Crippen molar-refractivity contribution in [2.24, 2.45) is 0 Å². The number of aromatic nitrogens is 1. The zero-order valence-electron chi connectivity index (χ0n) is 21.3. The van der Waals surface area contributed by atoms with Gasteiger partial charge in [0.1, 0.15) is 0 Å². The Morgan fingerprint density at radius 2 is 1.37 bits per heavy atom. The molecule has 1 nitrogen and oxygen atoms in total. The van der Waals surface area contributed by atoms with Gasteiger partial charge in [0.25, 0.3) is 0 Å². The molecule has 1 heterocycles. The van der Waals surface area contributed by atoms with Crippen LogP contribution in [-0.4, -0.2) is 4.98 Å². The maximum atomic E-state index is 5.28. The molecule has 5 rings (SSSR count). The molecule has 0 N–H and O–H groups in total. The molecule has 174 valence electrons. The van der Waals surface area contributed by atoms with Gasteiger partial charge in [0.2, 0.25) is 0 Å². The van der Waals surface area contributed by atoms with Crippen molar-refractivity contribution in [3.63, 3.8) is 0 Å². The SMILES string of the molecule is CC(C)c1ccc2c(c1)c(-c1cccc(/C=C/c3ccccc3)c1)nc1cc(C(C)(C)C)ccc12. The molecule has 35 heavy (non-hydrogen) atoms. The van der Waals surface area contributed by atoms with Crippen LogP contribution in [0.25, 0.3) is 45.1 Å². The highest BCUT2D eigenvalue weighted by Crippen LogP contribution is 2.36. The number of nitrogens with zero attached hydrogens (tertiary/aromatic N) is 1. The van der Waals surface area contributed by atoms with Crippen LogP contribution in [0.5, 0.6) is 0 Å². The van der Waals surface area contributed by atoms with Crippen LogP contribution in [0.1, 0.15) is 62.8 Å². The van der Waals surface area contributed by atoms with Crippen molar-refractivity contribution in [3.05, 3.63) is 113 Å². The highest BCUT2D eigenvalue weighted by atomic mass is 14.7. The molecule has 5 aromatic rings. The van der Waals surface area contributed by atoms with Gasteiger partial charge in [-0.15, -0.1) is 0 Å². The van der Waals surface area contributed by atoms with Crippen LogP contribution in [-0.2, 0) is 5.41 Å². The average molecular weight is 456 g/mol. The third kappa shape index (κ3) is 4.77. The van der Waals surface area contributed by atoms with Gasteiger partial charge in [0.05, 0.1) is 11.2 Å². The van der Waals surface area contributed by atoms with Gasteiger partial charge in [-0.2, -0.15) is 0 Å². The molecule has 0 aliphatic carbocycles. The van der Waals surface area contributed by atoms with E-state index in [-0.39, 0.29) is 5.41 Å². The molecule has 0 amide bonds. The van der Waals surface area contributed by atoms with Crippen LogP contribution < -0.4 is 0 Å². The van der Waals surface area contributed by atoms with E-state index in [1.54, 1.807) is 0 Å². The molecule has 0 aliphatic heterocycles. The summed E-state index contributed by atoms with van der Waals surface area (Å²) >= 11 is 0. The van der Waals surface area contributed by atoms with E-state index < -0.39 is 0 Å². The maximum absolute atomic E-state index is 5.28. The lowest BCUT2D eigenvalue weighted by atomic mass is 9.86. The van der Waals surface area contributed by atoms with Gasteiger partial charge in [-0.3, -0.25) is 0 Å². The summed E-state index contributed by atoms with van der Waals surface area (Å²) in [6.45, 7) is 11.3. The fraction of sp³-hybridized carbons (Fsp3) is 0.206. The van der Waals surface area contributed by atoms with Gasteiger partial charge in [0, 0.05) is 16.3 Å². The molecule has 0 atom stereocenters. The van der Waals surface area contributed by atoms with Crippen LogP contribution in [0.15, 0.2) is 91.0 Å². The predicted molar refractivity (Wildman–Crippen MR) is 153 cm³/mol. The molecular weight excluding hydrogens is 422 g/mol. The first-order valence-corrected chi connectivity index (χ1v) is 12.5. The smallest absolute Gasteiger partial charge is 0.0788 e.